The minimum absolute atomic E-state index is 0.0749. The largest absolute Gasteiger partial charge is 0.462 e. The van der Waals surface area contributed by atoms with E-state index in [0.29, 0.717) is 19.3 Å². The van der Waals surface area contributed by atoms with E-state index in [9.17, 15) is 14.4 Å². The molecule has 0 bridgehead atoms. The number of esters is 3. The molecule has 0 N–H and O–H groups in total. The highest BCUT2D eigenvalue weighted by molar-refractivity contribution is 5.71. The van der Waals surface area contributed by atoms with E-state index in [4.69, 9.17) is 14.2 Å². The third kappa shape index (κ3) is 45.0. The number of rotatable bonds is 46. The van der Waals surface area contributed by atoms with E-state index < -0.39 is 6.10 Å². The van der Waals surface area contributed by atoms with E-state index in [1.807, 2.05) is 0 Å². The fourth-order valence-electron chi connectivity index (χ4n) is 7.32. The number of unbranched alkanes of at least 4 members (excludes halogenated alkanes) is 31. The van der Waals surface area contributed by atoms with Crippen LogP contribution in [0, 0.1) is 0 Å². The molecule has 0 aliphatic heterocycles. The molecular weight excluding hydrogens is 721 g/mol. The Morgan fingerprint density at radius 2 is 0.603 bits per heavy atom. The Bertz CT molecular complexity index is 942. The highest BCUT2D eigenvalue weighted by Gasteiger charge is 2.19. The first-order valence-electron chi connectivity index (χ1n) is 25.3. The summed E-state index contributed by atoms with van der Waals surface area (Å²) in [5.41, 5.74) is 0. The van der Waals surface area contributed by atoms with Gasteiger partial charge in [0.15, 0.2) is 6.10 Å². The van der Waals surface area contributed by atoms with Crippen LogP contribution in [0.1, 0.15) is 271 Å². The molecule has 0 saturated carbocycles. The molecule has 0 radical (unpaired) electrons. The summed E-state index contributed by atoms with van der Waals surface area (Å²) in [6.45, 7) is 6.58. The topological polar surface area (TPSA) is 78.9 Å². The third-order valence-corrected chi connectivity index (χ3v) is 11.2. The van der Waals surface area contributed by atoms with Crippen LogP contribution < -0.4 is 0 Å². The minimum Gasteiger partial charge on any atom is -0.462 e. The van der Waals surface area contributed by atoms with E-state index in [-0.39, 0.29) is 31.1 Å². The number of hydrogen-bond donors (Lipinski definition) is 0. The summed E-state index contributed by atoms with van der Waals surface area (Å²) in [7, 11) is 0. The smallest absolute Gasteiger partial charge is 0.306 e. The Morgan fingerprint density at radius 1 is 0.328 bits per heavy atom. The van der Waals surface area contributed by atoms with Gasteiger partial charge in [0.05, 0.1) is 0 Å². The zero-order valence-electron chi connectivity index (χ0n) is 38.8. The molecule has 0 amide bonds. The number of hydrogen-bond acceptors (Lipinski definition) is 6. The highest BCUT2D eigenvalue weighted by Crippen LogP contribution is 2.16. The summed E-state index contributed by atoms with van der Waals surface area (Å²) in [6.07, 6.45) is 53.0. The minimum atomic E-state index is -0.772. The molecule has 0 heterocycles. The van der Waals surface area contributed by atoms with E-state index in [2.05, 4.69) is 45.1 Å². The van der Waals surface area contributed by atoms with Gasteiger partial charge in [0.2, 0.25) is 0 Å². The molecule has 0 rings (SSSR count). The van der Waals surface area contributed by atoms with Crippen molar-refractivity contribution in [1.29, 1.82) is 0 Å². The lowest BCUT2D eigenvalue weighted by atomic mass is 10.0. The van der Waals surface area contributed by atoms with Crippen LogP contribution in [0.15, 0.2) is 24.3 Å². The maximum absolute atomic E-state index is 12.8. The predicted molar refractivity (Wildman–Crippen MR) is 247 cm³/mol. The summed E-state index contributed by atoms with van der Waals surface area (Å²) in [5, 5.41) is 0. The third-order valence-electron chi connectivity index (χ3n) is 11.2. The van der Waals surface area contributed by atoms with Gasteiger partial charge in [-0.3, -0.25) is 14.4 Å². The Hall–Kier alpha value is -2.11. The van der Waals surface area contributed by atoms with Crippen LogP contribution in [0.5, 0.6) is 0 Å². The van der Waals surface area contributed by atoms with Gasteiger partial charge in [-0.15, -0.1) is 0 Å². The summed E-state index contributed by atoms with van der Waals surface area (Å²) in [5.74, 6) is -0.882. The maximum atomic E-state index is 12.8. The molecule has 0 aliphatic rings. The Balaban J connectivity index is 4.33. The van der Waals surface area contributed by atoms with Crippen molar-refractivity contribution in [2.45, 2.75) is 277 Å². The average molecular weight is 817 g/mol. The second kappa shape index (κ2) is 47.6. The molecule has 0 aromatic carbocycles. The zero-order chi connectivity index (χ0) is 42.3. The standard InChI is InChI=1S/C52H96O6/c1-4-7-10-13-16-19-22-24-26-28-30-33-36-39-42-45-51(54)57-48-49(47-56-50(53)44-41-38-35-32-21-18-15-12-9-6-3)58-52(55)46-43-40-37-34-31-29-27-25-23-20-17-14-11-8-5-2/h12,15,24,26,49H,4-11,13-14,16-23,25,27-48H2,1-3H3/b15-12-,26-24-. The first kappa shape index (κ1) is 55.9. The van der Waals surface area contributed by atoms with Gasteiger partial charge in [0.1, 0.15) is 13.2 Å². The molecule has 1 atom stereocenters. The van der Waals surface area contributed by atoms with E-state index in [1.165, 1.54) is 154 Å². The Morgan fingerprint density at radius 3 is 0.931 bits per heavy atom. The van der Waals surface area contributed by atoms with Gasteiger partial charge in [0.25, 0.3) is 0 Å². The first-order chi connectivity index (χ1) is 28.5. The van der Waals surface area contributed by atoms with Crippen LogP contribution >= 0.6 is 0 Å². The van der Waals surface area contributed by atoms with Crippen LogP contribution in [0.3, 0.4) is 0 Å². The Kier molecular flexibility index (Phi) is 45.8. The van der Waals surface area contributed by atoms with Gasteiger partial charge < -0.3 is 14.2 Å². The summed E-state index contributed by atoms with van der Waals surface area (Å²) < 4.78 is 16.8. The normalized spacial score (nSPS) is 12.1. The zero-order valence-corrected chi connectivity index (χ0v) is 38.8. The van der Waals surface area contributed by atoms with Gasteiger partial charge in [-0.05, 0) is 64.2 Å². The van der Waals surface area contributed by atoms with Crippen LogP contribution in [-0.4, -0.2) is 37.2 Å². The van der Waals surface area contributed by atoms with Crippen LogP contribution in [0.25, 0.3) is 0 Å². The molecule has 0 aliphatic carbocycles. The molecule has 0 aromatic heterocycles. The van der Waals surface area contributed by atoms with Gasteiger partial charge in [-0.2, -0.15) is 0 Å². The van der Waals surface area contributed by atoms with E-state index in [1.54, 1.807) is 0 Å². The molecule has 340 valence electrons. The van der Waals surface area contributed by atoms with Gasteiger partial charge >= 0.3 is 17.9 Å². The summed E-state index contributed by atoms with van der Waals surface area (Å²) >= 11 is 0. The lowest BCUT2D eigenvalue weighted by Crippen LogP contribution is -2.30. The van der Waals surface area contributed by atoms with Crippen molar-refractivity contribution in [3.63, 3.8) is 0 Å². The maximum Gasteiger partial charge on any atom is 0.306 e. The first-order valence-corrected chi connectivity index (χ1v) is 25.3. The molecule has 1 unspecified atom stereocenters. The van der Waals surface area contributed by atoms with Crippen molar-refractivity contribution >= 4 is 17.9 Å². The van der Waals surface area contributed by atoms with Crippen molar-refractivity contribution in [3.8, 4) is 0 Å². The van der Waals surface area contributed by atoms with Crippen molar-refractivity contribution in [1.82, 2.24) is 0 Å². The molecule has 0 aromatic rings. The Labute approximate surface area is 360 Å². The van der Waals surface area contributed by atoms with Gasteiger partial charge in [0, 0.05) is 19.3 Å². The second-order valence-electron chi connectivity index (χ2n) is 17.1. The lowest BCUT2D eigenvalue weighted by molar-refractivity contribution is -0.167. The predicted octanol–water partition coefficient (Wildman–Crippen LogP) is 16.4. The molecule has 6 nitrogen and oxygen atoms in total. The van der Waals surface area contributed by atoms with Gasteiger partial charge in [-0.25, -0.2) is 0 Å². The summed E-state index contributed by atoms with van der Waals surface area (Å²) in [4.78, 5) is 37.9. The number of allylic oxidation sites excluding steroid dienone is 4. The van der Waals surface area contributed by atoms with Gasteiger partial charge in [-0.1, -0.05) is 212 Å². The van der Waals surface area contributed by atoms with Crippen LogP contribution in [0.4, 0.5) is 0 Å². The number of carbonyl (C=O) groups is 3. The molecular formula is C52H96O6. The quantitative estimate of drug-likeness (QED) is 0.0263. The van der Waals surface area contributed by atoms with E-state index in [0.717, 1.165) is 77.0 Å². The molecule has 0 saturated heterocycles. The molecule has 0 fully saturated rings. The van der Waals surface area contributed by atoms with Crippen LogP contribution in [0.2, 0.25) is 0 Å². The van der Waals surface area contributed by atoms with Crippen molar-refractivity contribution in [3.05, 3.63) is 24.3 Å². The number of ether oxygens (including phenoxy) is 3. The highest BCUT2D eigenvalue weighted by atomic mass is 16.6. The fourth-order valence-corrected chi connectivity index (χ4v) is 7.32. The lowest BCUT2D eigenvalue weighted by Gasteiger charge is -2.18. The molecule has 58 heavy (non-hydrogen) atoms. The number of carbonyl (C=O) groups excluding carboxylic acids is 3. The van der Waals surface area contributed by atoms with Crippen molar-refractivity contribution < 1.29 is 28.6 Å². The fraction of sp³-hybridized carbons (Fsp3) is 0.865. The van der Waals surface area contributed by atoms with Crippen molar-refractivity contribution in [2.24, 2.45) is 0 Å². The molecule has 0 spiro atoms. The SMILES string of the molecule is CCC/C=C\CCCCCCCC(=O)OCC(COC(=O)CCCCCCC/C=C\CCCCCCCC)OC(=O)CCCCCCCCCCCCCCCCC. The average Bonchev–Trinajstić information content (AvgIpc) is 3.22. The van der Waals surface area contributed by atoms with E-state index >= 15 is 0 Å². The monoisotopic (exact) mass is 817 g/mol. The second-order valence-corrected chi connectivity index (χ2v) is 17.1. The molecule has 6 heteroatoms. The van der Waals surface area contributed by atoms with Crippen molar-refractivity contribution in [2.75, 3.05) is 13.2 Å². The van der Waals surface area contributed by atoms with Crippen LogP contribution in [-0.2, 0) is 28.6 Å². The summed E-state index contributed by atoms with van der Waals surface area (Å²) in [6, 6.07) is 0.